The molecule has 0 saturated carbocycles. The van der Waals surface area contributed by atoms with Crippen LogP contribution in [0.5, 0.6) is 0 Å². The van der Waals surface area contributed by atoms with E-state index in [9.17, 15) is 13.2 Å². The molecule has 112 valence electrons. The van der Waals surface area contributed by atoms with Crippen LogP contribution in [-0.4, -0.2) is 28.0 Å². The summed E-state index contributed by atoms with van der Waals surface area (Å²) in [6.45, 7) is 0.265. The minimum Gasteiger partial charge on any atom is -0.472 e. The van der Waals surface area contributed by atoms with Gasteiger partial charge in [0.05, 0.1) is 30.1 Å². The molecule has 2 rings (SSSR count). The number of carbonyl (C=O) groups is 1. The largest absolute Gasteiger partial charge is 0.472 e. The van der Waals surface area contributed by atoms with Gasteiger partial charge in [-0.2, -0.15) is 0 Å². The Hall–Kier alpha value is -2.12. The summed E-state index contributed by atoms with van der Waals surface area (Å²) in [6.07, 6.45) is 3.64. The molecule has 0 unspecified atom stereocenters. The SMILES string of the molecule is COC(=O)c1ccc(S(=O)(=O)NCCc2ccoc2)cc1. The molecule has 1 aromatic heterocycles. The first kappa shape index (κ1) is 15.3. The zero-order chi connectivity index (χ0) is 15.3. The maximum Gasteiger partial charge on any atom is 0.337 e. The fourth-order valence-electron chi connectivity index (χ4n) is 1.74. The van der Waals surface area contributed by atoms with Gasteiger partial charge in [0.25, 0.3) is 0 Å². The van der Waals surface area contributed by atoms with Gasteiger partial charge in [-0.1, -0.05) is 0 Å². The van der Waals surface area contributed by atoms with E-state index in [1.807, 2.05) is 0 Å². The van der Waals surface area contributed by atoms with E-state index in [1.54, 1.807) is 12.3 Å². The molecule has 2 aromatic rings. The van der Waals surface area contributed by atoms with Crippen LogP contribution >= 0.6 is 0 Å². The van der Waals surface area contributed by atoms with Crippen LogP contribution in [0.4, 0.5) is 0 Å². The average molecular weight is 309 g/mol. The Bertz CT molecular complexity index is 689. The standard InChI is InChI=1S/C14H15NO5S/c1-19-14(16)12-2-4-13(5-3-12)21(17,18)15-8-6-11-7-9-20-10-11/h2-5,7,9-10,15H,6,8H2,1H3. The number of furan rings is 1. The van der Waals surface area contributed by atoms with Crippen LogP contribution < -0.4 is 4.72 Å². The highest BCUT2D eigenvalue weighted by Crippen LogP contribution is 2.11. The molecule has 0 fully saturated rings. The molecule has 7 heteroatoms. The molecule has 0 radical (unpaired) electrons. The molecule has 0 atom stereocenters. The Morgan fingerprint density at radius 1 is 1.24 bits per heavy atom. The van der Waals surface area contributed by atoms with Crippen molar-refractivity contribution in [1.29, 1.82) is 0 Å². The summed E-state index contributed by atoms with van der Waals surface area (Å²) in [5, 5.41) is 0. The van der Waals surface area contributed by atoms with Crippen LogP contribution in [0.1, 0.15) is 15.9 Å². The molecular formula is C14H15NO5S. The van der Waals surface area contributed by atoms with E-state index in [0.717, 1.165) is 5.56 Å². The lowest BCUT2D eigenvalue weighted by Crippen LogP contribution is -2.26. The van der Waals surface area contributed by atoms with Gasteiger partial charge in [-0.25, -0.2) is 17.9 Å². The molecule has 0 amide bonds. The Morgan fingerprint density at radius 2 is 1.95 bits per heavy atom. The maximum atomic E-state index is 12.1. The van der Waals surface area contributed by atoms with Crippen molar-refractivity contribution in [2.24, 2.45) is 0 Å². The van der Waals surface area contributed by atoms with Crippen LogP contribution in [0, 0.1) is 0 Å². The molecule has 0 aliphatic carbocycles. The smallest absolute Gasteiger partial charge is 0.337 e. The van der Waals surface area contributed by atoms with Gasteiger partial charge in [-0.3, -0.25) is 0 Å². The second-order valence-electron chi connectivity index (χ2n) is 4.30. The first-order chi connectivity index (χ1) is 10.0. The van der Waals surface area contributed by atoms with Gasteiger partial charge < -0.3 is 9.15 Å². The van der Waals surface area contributed by atoms with Crippen molar-refractivity contribution in [3.8, 4) is 0 Å². The summed E-state index contributed by atoms with van der Waals surface area (Å²) in [4.78, 5) is 11.4. The van der Waals surface area contributed by atoms with Crippen LogP contribution in [-0.2, 0) is 21.2 Å². The van der Waals surface area contributed by atoms with Gasteiger partial charge in [0.2, 0.25) is 10.0 Å². The van der Waals surface area contributed by atoms with E-state index in [1.165, 1.54) is 37.6 Å². The topological polar surface area (TPSA) is 85.6 Å². The third-order valence-electron chi connectivity index (χ3n) is 2.87. The Labute approximate surface area is 122 Å². The number of ether oxygens (including phenoxy) is 1. The van der Waals surface area contributed by atoms with E-state index >= 15 is 0 Å². The summed E-state index contributed by atoms with van der Waals surface area (Å²) in [5.41, 5.74) is 1.22. The van der Waals surface area contributed by atoms with E-state index in [4.69, 9.17) is 4.42 Å². The molecule has 0 bridgehead atoms. The number of methoxy groups -OCH3 is 1. The predicted octanol–water partition coefficient (Wildman–Crippen LogP) is 1.59. The summed E-state index contributed by atoms with van der Waals surface area (Å²) < 4.78 is 36.1. The van der Waals surface area contributed by atoms with Crippen molar-refractivity contribution in [2.75, 3.05) is 13.7 Å². The predicted molar refractivity (Wildman–Crippen MR) is 75.4 cm³/mol. The molecule has 0 spiro atoms. The van der Waals surface area contributed by atoms with Gasteiger partial charge >= 0.3 is 5.97 Å². The van der Waals surface area contributed by atoms with Crippen molar-refractivity contribution >= 4 is 16.0 Å². The van der Waals surface area contributed by atoms with E-state index < -0.39 is 16.0 Å². The van der Waals surface area contributed by atoms with Gasteiger partial charge in [0.1, 0.15) is 0 Å². The van der Waals surface area contributed by atoms with Gasteiger partial charge in [-0.05, 0) is 42.3 Å². The molecule has 1 aromatic carbocycles. The van der Waals surface area contributed by atoms with Crippen molar-refractivity contribution < 1.29 is 22.4 Å². The summed E-state index contributed by atoms with van der Waals surface area (Å²) >= 11 is 0. The number of rotatable bonds is 6. The minimum absolute atomic E-state index is 0.0994. The fraction of sp³-hybridized carbons (Fsp3) is 0.214. The highest BCUT2D eigenvalue weighted by Gasteiger charge is 2.14. The molecule has 1 heterocycles. The first-order valence-electron chi connectivity index (χ1n) is 6.22. The third-order valence-corrected chi connectivity index (χ3v) is 4.35. The lowest BCUT2D eigenvalue weighted by molar-refractivity contribution is 0.0600. The van der Waals surface area contributed by atoms with Crippen molar-refractivity contribution in [1.82, 2.24) is 4.72 Å². The third kappa shape index (κ3) is 3.93. The lowest BCUT2D eigenvalue weighted by atomic mass is 10.2. The molecule has 6 nitrogen and oxygen atoms in total. The molecular weight excluding hydrogens is 294 g/mol. The monoisotopic (exact) mass is 309 g/mol. The van der Waals surface area contributed by atoms with Crippen molar-refractivity contribution in [2.45, 2.75) is 11.3 Å². The molecule has 0 aliphatic heterocycles. The Kier molecular flexibility index (Phi) is 4.77. The van der Waals surface area contributed by atoms with Crippen LogP contribution in [0.2, 0.25) is 0 Å². The number of nitrogens with one attached hydrogen (secondary N) is 1. The zero-order valence-corrected chi connectivity index (χ0v) is 12.2. The Morgan fingerprint density at radius 3 is 2.52 bits per heavy atom. The second-order valence-corrected chi connectivity index (χ2v) is 6.06. The fourth-order valence-corrected chi connectivity index (χ4v) is 2.77. The highest BCUT2D eigenvalue weighted by atomic mass is 32.2. The van der Waals surface area contributed by atoms with Crippen LogP contribution in [0.25, 0.3) is 0 Å². The van der Waals surface area contributed by atoms with Gasteiger partial charge in [0, 0.05) is 6.54 Å². The Balaban J connectivity index is 2.00. The second kappa shape index (κ2) is 6.55. The van der Waals surface area contributed by atoms with Gasteiger partial charge in [-0.15, -0.1) is 0 Å². The number of benzene rings is 1. The first-order valence-corrected chi connectivity index (χ1v) is 7.70. The van der Waals surface area contributed by atoms with Crippen LogP contribution in [0.15, 0.2) is 52.2 Å². The minimum atomic E-state index is -3.60. The lowest BCUT2D eigenvalue weighted by Gasteiger charge is -2.06. The molecule has 1 N–H and O–H groups in total. The number of hydrogen-bond acceptors (Lipinski definition) is 5. The number of hydrogen-bond donors (Lipinski definition) is 1. The molecule has 0 aliphatic rings. The van der Waals surface area contributed by atoms with E-state index in [-0.39, 0.29) is 11.4 Å². The molecule has 21 heavy (non-hydrogen) atoms. The summed E-state index contributed by atoms with van der Waals surface area (Å²) in [6, 6.07) is 7.34. The summed E-state index contributed by atoms with van der Waals surface area (Å²) in [7, 11) is -2.33. The van der Waals surface area contributed by atoms with Crippen molar-refractivity contribution in [3.05, 3.63) is 54.0 Å². The van der Waals surface area contributed by atoms with Crippen LogP contribution in [0.3, 0.4) is 0 Å². The number of sulfonamides is 1. The maximum absolute atomic E-state index is 12.1. The molecule has 0 saturated heterocycles. The normalized spacial score (nSPS) is 11.3. The van der Waals surface area contributed by atoms with E-state index in [0.29, 0.717) is 12.0 Å². The number of esters is 1. The van der Waals surface area contributed by atoms with Crippen molar-refractivity contribution in [3.63, 3.8) is 0 Å². The summed E-state index contributed by atoms with van der Waals surface area (Å²) in [5.74, 6) is -0.508. The number of carbonyl (C=O) groups excluding carboxylic acids is 1. The quantitative estimate of drug-likeness (QED) is 0.819. The van der Waals surface area contributed by atoms with E-state index in [2.05, 4.69) is 9.46 Å². The van der Waals surface area contributed by atoms with Gasteiger partial charge in [0.15, 0.2) is 0 Å². The zero-order valence-electron chi connectivity index (χ0n) is 11.4. The average Bonchev–Trinajstić information content (AvgIpc) is 2.99. The highest BCUT2D eigenvalue weighted by molar-refractivity contribution is 7.89.